The van der Waals surface area contributed by atoms with Crippen molar-refractivity contribution in [2.24, 2.45) is 0 Å². The Labute approximate surface area is 207 Å². The van der Waals surface area contributed by atoms with E-state index in [0.29, 0.717) is 16.1 Å². The van der Waals surface area contributed by atoms with Gasteiger partial charge >= 0.3 is 11.9 Å². The highest BCUT2D eigenvalue weighted by Gasteiger charge is 2.27. The number of hydrogen-bond acceptors (Lipinski definition) is 7. The maximum absolute atomic E-state index is 13.2. The molecule has 0 atom stereocenters. The number of ether oxygens (including phenoxy) is 2. The second-order valence-corrected chi connectivity index (χ2v) is 10.1. The summed E-state index contributed by atoms with van der Waals surface area (Å²) < 4.78 is 10.5. The van der Waals surface area contributed by atoms with Gasteiger partial charge in [0.1, 0.15) is 5.00 Å². The van der Waals surface area contributed by atoms with Crippen molar-refractivity contribution >= 4 is 45.1 Å². The van der Waals surface area contributed by atoms with Crippen molar-refractivity contribution in [3.05, 3.63) is 57.1 Å². The van der Waals surface area contributed by atoms with E-state index in [-0.39, 0.29) is 0 Å². The number of anilines is 1. The molecule has 0 saturated carbocycles. The number of benzene rings is 1. The number of aryl methyl sites for hydroxylation is 2. The number of rotatable bonds is 5. The highest BCUT2D eigenvalue weighted by atomic mass is 32.1. The maximum atomic E-state index is 13.2. The number of esters is 2. The monoisotopic (exact) mass is 492 g/mol. The van der Waals surface area contributed by atoms with Crippen LogP contribution in [0.15, 0.2) is 24.3 Å². The van der Waals surface area contributed by atoms with E-state index in [0.717, 1.165) is 90.4 Å². The zero-order chi connectivity index (χ0) is 24.4. The van der Waals surface area contributed by atoms with Gasteiger partial charge in [-0.3, -0.25) is 9.78 Å². The van der Waals surface area contributed by atoms with Crippen LogP contribution in [0.25, 0.3) is 10.9 Å². The first kappa shape index (κ1) is 23.5. The van der Waals surface area contributed by atoms with Gasteiger partial charge in [-0.05, 0) is 68.6 Å². The third-order valence-electron chi connectivity index (χ3n) is 6.77. The summed E-state index contributed by atoms with van der Waals surface area (Å²) in [5, 5.41) is 4.01. The summed E-state index contributed by atoms with van der Waals surface area (Å²) in [6.45, 7) is -0.437. The quantitative estimate of drug-likeness (QED) is 0.397. The molecule has 0 unspecified atom stereocenters. The minimum atomic E-state index is -0.521. The number of pyridine rings is 1. The largest absolute Gasteiger partial charge is 0.465 e. The van der Waals surface area contributed by atoms with E-state index in [1.807, 2.05) is 24.3 Å². The van der Waals surface area contributed by atoms with Gasteiger partial charge in [0.05, 0.1) is 23.8 Å². The molecule has 2 aliphatic rings. The Kier molecular flexibility index (Phi) is 6.81. The zero-order valence-corrected chi connectivity index (χ0v) is 20.6. The number of nitrogens with zero attached hydrogens (tertiary/aromatic N) is 1. The lowest BCUT2D eigenvalue weighted by molar-refractivity contribution is -0.119. The van der Waals surface area contributed by atoms with Gasteiger partial charge in [0.15, 0.2) is 6.61 Å². The van der Waals surface area contributed by atoms with Crippen molar-refractivity contribution in [1.29, 1.82) is 0 Å². The molecule has 1 amide bonds. The second-order valence-electron chi connectivity index (χ2n) is 9.02. The van der Waals surface area contributed by atoms with Gasteiger partial charge in [-0.2, -0.15) is 0 Å². The van der Waals surface area contributed by atoms with Crippen LogP contribution < -0.4 is 5.32 Å². The Hall–Kier alpha value is -3.26. The number of carbonyl (C=O) groups is 3. The van der Waals surface area contributed by atoms with Crippen LogP contribution in [0.2, 0.25) is 0 Å². The first-order valence-corrected chi connectivity index (χ1v) is 13.0. The molecule has 0 saturated heterocycles. The molecule has 0 aliphatic heterocycles. The molecule has 182 valence electrons. The minimum Gasteiger partial charge on any atom is -0.465 e. The highest BCUT2D eigenvalue weighted by Crippen LogP contribution is 2.38. The topological polar surface area (TPSA) is 94.6 Å². The number of carbonyl (C=O) groups excluding carboxylic acids is 3. The lowest BCUT2D eigenvalue weighted by Gasteiger charge is -2.19. The van der Waals surface area contributed by atoms with Crippen LogP contribution in [0.4, 0.5) is 5.00 Å². The number of aromatic nitrogens is 1. The number of methoxy groups -OCH3 is 1. The van der Waals surface area contributed by atoms with Crippen LogP contribution in [0.5, 0.6) is 0 Å². The predicted octanol–water partition coefficient (Wildman–Crippen LogP) is 5.03. The number of nitrogens with one attached hydrogen (secondary N) is 1. The number of para-hydroxylation sites is 1. The minimum absolute atomic E-state index is 0.434. The van der Waals surface area contributed by atoms with E-state index in [2.05, 4.69) is 5.32 Å². The van der Waals surface area contributed by atoms with Crippen molar-refractivity contribution < 1.29 is 23.9 Å². The fourth-order valence-corrected chi connectivity index (χ4v) is 6.41. The molecule has 2 heterocycles. The van der Waals surface area contributed by atoms with Crippen LogP contribution in [-0.2, 0) is 40.0 Å². The molecule has 1 aromatic carbocycles. The highest BCUT2D eigenvalue weighted by molar-refractivity contribution is 7.17. The fraction of sp³-hybridized carbons (Fsp3) is 0.407. The molecule has 8 heteroatoms. The van der Waals surface area contributed by atoms with Crippen LogP contribution in [0.1, 0.15) is 74.5 Å². The van der Waals surface area contributed by atoms with E-state index in [4.69, 9.17) is 14.5 Å². The number of fused-ring (bicyclic) bond motifs is 3. The normalized spacial score (nSPS) is 15.0. The number of thiophene rings is 1. The molecule has 1 N–H and O–H groups in total. The summed E-state index contributed by atoms with van der Waals surface area (Å²) in [5.74, 6) is -1.45. The van der Waals surface area contributed by atoms with E-state index >= 15 is 0 Å². The van der Waals surface area contributed by atoms with Crippen molar-refractivity contribution in [3.63, 3.8) is 0 Å². The van der Waals surface area contributed by atoms with Crippen LogP contribution in [-0.4, -0.2) is 36.5 Å². The molecule has 35 heavy (non-hydrogen) atoms. The summed E-state index contributed by atoms with van der Waals surface area (Å²) in [4.78, 5) is 44.4. The average molecular weight is 493 g/mol. The van der Waals surface area contributed by atoms with Crippen molar-refractivity contribution in [2.45, 2.75) is 57.8 Å². The van der Waals surface area contributed by atoms with E-state index < -0.39 is 24.5 Å². The van der Waals surface area contributed by atoms with Crippen molar-refractivity contribution in [2.75, 3.05) is 19.0 Å². The van der Waals surface area contributed by atoms with E-state index in [1.54, 1.807) is 0 Å². The molecule has 5 rings (SSSR count). The first-order valence-electron chi connectivity index (χ1n) is 12.2. The summed E-state index contributed by atoms with van der Waals surface area (Å²) in [6, 6.07) is 7.53. The van der Waals surface area contributed by atoms with Crippen molar-refractivity contribution in [1.82, 2.24) is 4.98 Å². The van der Waals surface area contributed by atoms with Gasteiger partial charge in [-0.25, -0.2) is 9.59 Å². The Balaban J connectivity index is 1.35. The Morgan fingerprint density at radius 2 is 1.66 bits per heavy atom. The molecule has 0 bridgehead atoms. The lowest BCUT2D eigenvalue weighted by Crippen LogP contribution is -2.23. The number of hydrogen-bond donors (Lipinski definition) is 1. The molecule has 0 fully saturated rings. The van der Waals surface area contributed by atoms with Gasteiger partial charge in [-0.15, -0.1) is 11.3 Å². The predicted molar refractivity (Wildman–Crippen MR) is 134 cm³/mol. The zero-order valence-electron chi connectivity index (χ0n) is 19.8. The maximum Gasteiger partial charge on any atom is 0.341 e. The fourth-order valence-electron chi connectivity index (χ4n) is 5.12. The van der Waals surface area contributed by atoms with Gasteiger partial charge in [0, 0.05) is 16.0 Å². The van der Waals surface area contributed by atoms with Gasteiger partial charge in [0.2, 0.25) is 0 Å². The molecule has 2 aliphatic carbocycles. The smallest absolute Gasteiger partial charge is 0.341 e. The molecule has 0 spiro atoms. The standard InChI is InChI=1S/C27H28N2O5S/c1-33-26(31)24-18-11-3-2-4-14-21(18)35-25(24)29-22(30)15-34-27(32)23-16-9-5-7-12-19(16)28-20-13-8-6-10-17(20)23/h5,7,9,12H,2-4,6,8,10-11,13-15H2,1H3,(H,29,30). The van der Waals surface area contributed by atoms with Gasteiger partial charge < -0.3 is 14.8 Å². The third kappa shape index (κ3) is 4.67. The Bertz CT molecular complexity index is 1310. The summed E-state index contributed by atoms with van der Waals surface area (Å²) in [6.07, 6.45) is 8.50. The molecule has 7 nitrogen and oxygen atoms in total. The third-order valence-corrected chi connectivity index (χ3v) is 7.98. The first-order chi connectivity index (χ1) is 17.1. The Morgan fingerprint density at radius 3 is 2.51 bits per heavy atom. The molecule has 3 aromatic rings. The SMILES string of the molecule is COC(=O)c1c(NC(=O)COC(=O)c2c3c(nc4ccccc24)CCCC3)sc2c1CCCCC2. The molecular formula is C27H28N2O5S. The van der Waals surface area contributed by atoms with Gasteiger partial charge in [-0.1, -0.05) is 24.6 Å². The molecule has 0 radical (unpaired) electrons. The molecule has 2 aromatic heterocycles. The van der Waals surface area contributed by atoms with E-state index in [1.165, 1.54) is 18.4 Å². The summed E-state index contributed by atoms with van der Waals surface area (Å²) in [7, 11) is 1.34. The van der Waals surface area contributed by atoms with Crippen LogP contribution >= 0.6 is 11.3 Å². The van der Waals surface area contributed by atoms with Crippen LogP contribution in [0, 0.1) is 0 Å². The molecular weight excluding hydrogens is 464 g/mol. The van der Waals surface area contributed by atoms with Crippen molar-refractivity contribution in [3.8, 4) is 0 Å². The summed E-state index contributed by atoms with van der Waals surface area (Å²) >= 11 is 1.42. The summed E-state index contributed by atoms with van der Waals surface area (Å²) in [5.41, 5.74) is 4.54. The second kappa shape index (κ2) is 10.2. The lowest BCUT2D eigenvalue weighted by atomic mass is 9.90. The number of amides is 1. The Morgan fingerprint density at radius 1 is 0.914 bits per heavy atom. The van der Waals surface area contributed by atoms with Gasteiger partial charge in [0.25, 0.3) is 5.91 Å². The van der Waals surface area contributed by atoms with Crippen LogP contribution in [0.3, 0.4) is 0 Å². The average Bonchev–Trinajstić information content (AvgIpc) is 3.04. The van der Waals surface area contributed by atoms with E-state index in [9.17, 15) is 14.4 Å².